The van der Waals surface area contributed by atoms with Crippen LogP contribution >= 0.6 is 31.9 Å². The number of fused-ring (bicyclic) bond motifs is 2. The number of phenolic OH excluding ortho intramolecular Hbond substituents is 1. The molecule has 4 aromatic rings. The zero-order valence-corrected chi connectivity index (χ0v) is 15.4. The highest BCUT2D eigenvalue weighted by molar-refractivity contribution is 9.13. The minimum Gasteiger partial charge on any atom is -0.507 e. The predicted molar refractivity (Wildman–Crippen MR) is 105 cm³/mol. The summed E-state index contributed by atoms with van der Waals surface area (Å²) in [5, 5.41) is 13.9. The van der Waals surface area contributed by atoms with Crippen LogP contribution in [0.5, 0.6) is 5.75 Å². The van der Waals surface area contributed by atoms with Crippen LogP contribution in [0.25, 0.3) is 21.5 Å². The number of hydrogen-bond donors (Lipinski definition) is 1. The summed E-state index contributed by atoms with van der Waals surface area (Å²) < 4.78 is 2.22. The molecule has 0 saturated heterocycles. The monoisotopic (exact) mass is 428 g/mol. The molecule has 0 spiro atoms. The zero-order chi connectivity index (χ0) is 16.2. The van der Waals surface area contributed by atoms with Gasteiger partial charge in [0.2, 0.25) is 0 Å². The van der Waals surface area contributed by atoms with Crippen LogP contribution in [0.15, 0.2) is 87.8 Å². The van der Waals surface area contributed by atoms with Gasteiger partial charge in [-0.25, -0.2) is 0 Å². The van der Waals surface area contributed by atoms with E-state index in [1.807, 2.05) is 54.6 Å². The molecule has 114 valence electrons. The van der Waals surface area contributed by atoms with E-state index in [9.17, 15) is 5.11 Å². The molecule has 0 aliphatic heterocycles. The summed E-state index contributed by atoms with van der Waals surface area (Å²) in [7, 11) is 0. The molecular formula is C20H14Br2O. The number of halogens is 2. The lowest BCUT2D eigenvalue weighted by atomic mass is 10.1. The van der Waals surface area contributed by atoms with E-state index in [4.69, 9.17) is 0 Å². The van der Waals surface area contributed by atoms with Gasteiger partial charge in [0.05, 0.1) is 0 Å². The van der Waals surface area contributed by atoms with Crippen LogP contribution in [0.1, 0.15) is 0 Å². The number of phenols is 1. The molecule has 4 aromatic carbocycles. The van der Waals surface area contributed by atoms with Crippen LogP contribution < -0.4 is 0 Å². The summed E-state index contributed by atoms with van der Waals surface area (Å²) in [5.41, 5.74) is 0. The van der Waals surface area contributed by atoms with Crippen LogP contribution in [-0.4, -0.2) is 5.11 Å². The first-order valence-corrected chi connectivity index (χ1v) is 8.75. The minimum atomic E-state index is 0.350. The molecule has 0 saturated carbocycles. The fraction of sp³-hybridized carbons (Fsp3) is 0. The van der Waals surface area contributed by atoms with Crippen molar-refractivity contribution in [2.24, 2.45) is 0 Å². The number of rotatable bonds is 0. The zero-order valence-electron chi connectivity index (χ0n) is 12.2. The predicted octanol–water partition coefficient (Wildman–Crippen LogP) is 6.91. The molecule has 0 heterocycles. The van der Waals surface area contributed by atoms with Crippen LogP contribution in [0.3, 0.4) is 0 Å². The molecule has 0 amide bonds. The Bertz CT molecular complexity index is 958. The van der Waals surface area contributed by atoms with Gasteiger partial charge in [-0.2, -0.15) is 0 Å². The Morgan fingerprint density at radius 3 is 1.83 bits per heavy atom. The lowest BCUT2D eigenvalue weighted by molar-refractivity contribution is 0.481. The van der Waals surface area contributed by atoms with Crippen molar-refractivity contribution in [1.82, 2.24) is 0 Å². The Kier molecular flexibility index (Phi) is 4.99. The summed E-state index contributed by atoms with van der Waals surface area (Å²) in [5.74, 6) is 0.350. The molecule has 3 heteroatoms. The van der Waals surface area contributed by atoms with Crippen LogP contribution in [0.4, 0.5) is 0 Å². The lowest BCUT2D eigenvalue weighted by Crippen LogP contribution is -1.74. The Morgan fingerprint density at radius 1 is 0.565 bits per heavy atom. The van der Waals surface area contributed by atoms with Crippen molar-refractivity contribution in [2.75, 3.05) is 0 Å². The maximum atomic E-state index is 9.37. The second kappa shape index (κ2) is 7.16. The fourth-order valence-corrected chi connectivity index (χ4v) is 3.25. The fourth-order valence-electron chi connectivity index (χ4n) is 2.42. The van der Waals surface area contributed by atoms with E-state index in [2.05, 4.69) is 50.1 Å². The third-order valence-electron chi connectivity index (χ3n) is 3.58. The SMILES string of the molecule is Brc1ccc2ccccc2c1Br.Oc1cccc2ccccc12. The van der Waals surface area contributed by atoms with Gasteiger partial charge in [-0.3, -0.25) is 0 Å². The Morgan fingerprint density at radius 2 is 1.13 bits per heavy atom. The molecule has 0 bridgehead atoms. The van der Waals surface area contributed by atoms with Crippen LogP contribution in [-0.2, 0) is 0 Å². The van der Waals surface area contributed by atoms with Crippen molar-refractivity contribution >= 4 is 53.4 Å². The third-order valence-corrected chi connectivity index (χ3v) is 5.63. The molecule has 0 atom stereocenters. The molecule has 23 heavy (non-hydrogen) atoms. The summed E-state index contributed by atoms with van der Waals surface area (Å²) in [6.45, 7) is 0. The molecule has 1 nitrogen and oxygen atoms in total. The van der Waals surface area contributed by atoms with E-state index in [0.29, 0.717) is 5.75 Å². The van der Waals surface area contributed by atoms with Gasteiger partial charge < -0.3 is 5.11 Å². The van der Waals surface area contributed by atoms with Crippen LogP contribution in [0.2, 0.25) is 0 Å². The van der Waals surface area contributed by atoms with E-state index in [-0.39, 0.29) is 0 Å². The third kappa shape index (κ3) is 3.57. The van der Waals surface area contributed by atoms with Crippen molar-refractivity contribution in [2.45, 2.75) is 0 Å². The first-order chi connectivity index (χ1) is 11.2. The lowest BCUT2D eigenvalue weighted by Gasteiger charge is -2.01. The van der Waals surface area contributed by atoms with Gasteiger partial charge in [0.15, 0.2) is 0 Å². The Hall–Kier alpha value is -1.84. The van der Waals surface area contributed by atoms with Gasteiger partial charge in [-0.05, 0) is 60.2 Å². The number of aromatic hydroxyl groups is 1. The molecule has 0 radical (unpaired) electrons. The molecular weight excluding hydrogens is 416 g/mol. The summed E-state index contributed by atoms with van der Waals surface area (Å²) in [4.78, 5) is 0. The largest absolute Gasteiger partial charge is 0.507 e. The maximum absolute atomic E-state index is 9.37. The summed E-state index contributed by atoms with van der Waals surface area (Å²) >= 11 is 7.00. The first-order valence-electron chi connectivity index (χ1n) is 7.16. The molecule has 1 N–H and O–H groups in total. The maximum Gasteiger partial charge on any atom is 0.123 e. The molecule has 0 aliphatic carbocycles. The van der Waals surface area contributed by atoms with E-state index in [1.54, 1.807) is 6.07 Å². The van der Waals surface area contributed by atoms with E-state index in [0.717, 1.165) is 19.7 Å². The van der Waals surface area contributed by atoms with Gasteiger partial charge in [0.25, 0.3) is 0 Å². The van der Waals surface area contributed by atoms with E-state index >= 15 is 0 Å². The van der Waals surface area contributed by atoms with Gasteiger partial charge in [-0.15, -0.1) is 0 Å². The topological polar surface area (TPSA) is 20.2 Å². The number of benzene rings is 4. The van der Waals surface area contributed by atoms with Gasteiger partial charge in [-0.1, -0.05) is 66.7 Å². The molecule has 0 fully saturated rings. The average Bonchev–Trinajstić information content (AvgIpc) is 2.60. The van der Waals surface area contributed by atoms with Crippen LogP contribution in [0, 0.1) is 0 Å². The highest BCUT2D eigenvalue weighted by Crippen LogP contribution is 2.30. The van der Waals surface area contributed by atoms with Gasteiger partial charge >= 0.3 is 0 Å². The minimum absolute atomic E-state index is 0.350. The normalized spacial score (nSPS) is 10.3. The molecule has 0 aliphatic rings. The molecule has 4 rings (SSSR count). The van der Waals surface area contributed by atoms with Crippen molar-refractivity contribution in [3.63, 3.8) is 0 Å². The summed E-state index contributed by atoms with van der Waals surface area (Å²) in [6, 6.07) is 25.7. The molecule has 0 aromatic heterocycles. The number of hydrogen-bond acceptors (Lipinski definition) is 1. The molecule has 0 unspecified atom stereocenters. The highest BCUT2D eigenvalue weighted by Gasteiger charge is 2.00. The first kappa shape index (κ1) is 16.0. The quantitative estimate of drug-likeness (QED) is 0.322. The van der Waals surface area contributed by atoms with E-state index in [1.165, 1.54) is 10.8 Å². The smallest absolute Gasteiger partial charge is 0.123 e. The van der Waals surface area contributed by atoms with Gasteiger partial charge in [0.1, 0.15) is 5.75 Å². The van der Waals surface area contributed by atoms with Gasteiger partial charge in [0, 0.05) is 14.3 Å². The van der Waals surface area contributed by atoms with Crippen molar-refractivity contribution < 1.29 is 5.11 Å². The standard InChI is InChI=1S/C10H6Br2.C10H8O/c11-9-6-5-7-3-1-2-4-8(7)10(9)12;11-10-7-3-5-8-4-1-2-6-9(8)10/h1-6H;1-7,11H. The van der Waals surface area contributed by atoms with E-state index < -0.39 is 0 Å². The Labute approximate surface area is 151 Å². The average molecular weight is 430 g/mol. The second-order valence-corrected chi connectivity index (χ2v) is 6.73. The highest BCUT2D eigenvalue weighted by atomic mass is 79.9. The van der Waals surface area contributed by atoms with Crippen molar-refractivity contribution in [1.29, 1.82) is 0 Å². The summed E-state index contributed by atoms with van der Waals surface area (Å²) in [6.07, 6.45) is 0. The second-order valence-electron chi connectivity index (χ2n) is 5.08. The van der Waals surface area contributed by atoms with Crippen molar-refractivity contribution in [3.05, 3.63) is 87.8 Å². The Balaban J connectivity index is 0.000000136. The van der Waals surface area contributed by atoms with Crippen molar-refractivity contribution in [3.8, 4) is 5.75 Å².